The van der Waals surface area contributed by atoms with Gasteiger partial charge in [0.25, 0.3) is 0 Å². The topological polar surface area (TPSA) is 39.2 Å². The van der Waals surface area contributed by atoms with Crippen molar-refractivity contribution < 1.29 is 9.53 Å². The van der Waals surface area contributed by atoms with Crippen LogP contribution in [0.15, 0.2) is 12.1 Å². The number of nitrogens with zero attached hydrogens (tertiary/aromatic N) is 1. The molecule has 0 aliphatic heterocycles. The number of alkyl halides is 1. The molecule has 0 aliphatic rings. The number of rotatable bonds is 2. The zero-order chi connectivity index (χ0) is 9.84. The van der Waals surface area contributed by atoms with E-state index in [1.165, 1.54) is 7.11 Å². The maximum absolute atomic E-state index is 11.1. The minimum Gasteiger partial charge on any atom is -0.465 e. The highest BCUT2D eigenvalue weighted by Gasteiger charge is 2.08. The van der Waals surface area contributed by atoms with Crippen molar-refractivity contribution in [3.63, 3.8) is 0 Å². The lowest BCUT2D eigenvalue weighted by atomic mass is 10.2. The zero-order valence-corrected chi connectivity index (χ0v) is 9.79. The molecule has 13 heavy (non-hydrogen) atoms. The number of pyridine rings is 1. The minimum absolute atomic E-state index is 0.292. The maximum atomic E-state index is 11.1. The Morgan fingerprint density at radius 3 is 2.92 bits per heavy atom. The Balaban J connectivity index is 3.08. The molecule has 0 amide bonds. The molecule has 70 valence electrons. The highest BCUT2D eigenvalue weighted by Crippen LogP contribution is 2.11. The smallest absolute Gasteiger partial charge is 0.338 e. The highest BCUT2D eigenvalue weighted by atomic mass is 127. The number of carbonyl (C=O) groups excluding carboxylic acids is 1. The van der Waals surface area contributed by atoms with Gasteiger partial charge in [0.1, 0.15) is 3.70 Å². The summed E-state index contributed by atoms with van der Waals surface area (Å²) in [6.45, 7) is 0. The fourth-order valence-electron chi connectivity index (χ4n) is 0.855. The Kier molecular flexibility index (Phi) is 3.92. The molecule has 0 saturated carbocycles. The minimum atomic E-state index is -0.369. The lowest BCUT2D eigenvalue weighted by Crippen LogP contribution is -2.03. The third-order valence-corrected chi connectivity index (χ3v) is 2.23. The second-order valence-electron chi connectivity index (χ2n) is 2.30. The molecule has 0 N–H and O–H groups in total. The van der Waals surface area contributed by atoms with E-state index in [9.17, 15) is 4.79 Å². The standard InChI is InChI=1S/C8H7ClINO2/c1-13-8(12)5-2-6(4-9)11-7(10)3-5/h2-3H,4H2,1H3. The molecule has 1 heterocycles. The molecule has 0 aliphatic carbocycles. The predicted octanol–water partition coefficient (Wildman–Crippen LogP) is 2.21. The molecule has 1 rings (SSSR count). The monoisotopic (exact) mass is 311 g/mol. The zero-order valence-electron chi connectivity index (χ0n) is 6.88. The van der Waals surface area contributed by atoms with Crippen LogP contribution in [-0.2, 0) is 10.6 Å². The first-order valence-corrected chi connectivity index (χ1v) is 5.09. The van der Waals surface area contributed by atoms with Crippen LogP contribution < -0.4 is 0 Å². The SMILES string of the molecule is COC(=O)c1cc(I)nc(CCl)c1. The summed E-state index contributed by atoms with van der Waals surface area (Å²) in [6.07, 6.45) is 0. The summed E-state index contributed by atoms with van der Waals surface area (Å²) in [5, 5.41) is 0. The number of methoxy groups -OCH3 is 1. The molecule has 0 radical (unpaired) electrons. The fraction of sp³-hybridized carbons (Fsp3) is 0.250. The molecule has 3 nitrogen and oxygen atoms in total. The Labute approximate surface area is 94.6 Å². The van der Waals surface area contributed by atoms with E-state index < -0.39 is 0 Å². The molecule has 0 bridgehead atoms. The average molecular weight is 312 g/mol. The number of esters is 1. The van der Waals surface area contributed by atoms with Crippen molar-refractivity contribution in [3.05, 3.63) is 27.1 Å². The first-order chi connectivity index (χ1) is 6.17. The first-order valence-electron chi connectivity index (χ1n) is 3.48. The number of hydrogen-bond acceptors (Lipinski definition) is 3. The lowest BCUT2D eigenvalue weighted by Gasteiger charge is -2.01. The van der Waals surface area contributed by atoms with Gasteiger partial charge in [-0.05, 0) is 34.7 Å². The van der Waals surface area contributed by atoms with E-state index in [-0.39, 0.29) is 5.97 Å². The van der Waals surface area contributed by atoms with E-state index in [1.807, 2.05) is 22.6 Å². The molecule has 0 unspecified atom stereocenters. The first kappa shape index (κ1) is 10.7. The van der Waals surface area contributed by atoms with Gasteiger partial charge >= 0.3 is 5.97 Å². The second kappa shape index (κ2) is 4.76. The Bertz CT molecular complexity index is 330. The Morgan fingerprint density at radius 1 is 1.69 bits per heavy atom. The van der Waals surface area contributed by atoms with Crippen molar-refractivity contribution in [2.75, 3.05) is 7.11 Å². The molecule has 0 spiro atoms. The molecular formula is C8H7ClINO2. The largest absolute Gasteiger partial charge is 0.465 e. The molecule has 0 atom stereocenters. The van der Waals surface area contributed by atoms with E-state index in [1.54, 1.807) is 12.1 Å². The van der Waals surface area contributed by atoms with Gasteiger partial charge in [-0.1, -0.05) is 0 Å². The van der Waals surface area contributed by atoms with Crippen molar-refractivity contribution in [2.24, 2.45) is 0 Å². The van der Waals surface area contributed by atoms with Gasteiger partial charge in [-0.2, -0.15) is 0 Å². The number of halogens is 2. The summed E-state index contributed by atoms with van der Waals surface area (Å²) >= 11 is 7.63. The van der Waals surface area contributed by atoms with Gasteiger partial charge < -0.3 is 4.74 Å². The lowest BCUT2D eigenvalue weighted by molar-refractivity contribution is 0.0600. The van der Waals surface area contributed by atoms with Crippen LogP contribution >= 0.6 is 34.2 Å². The molecular weight excluding hydrogens is 304 g/mol. The van der Waals surface area contributed by atoms with Crippen LogP contribution in [0.25, 0.3) is 0 Å². The van der Waals surface area contributed by atoms with E-state index >= 15 is 0 Å². The number of hydrogen-bond donors (Lipinski definition) is 0. The molecule has 0 aromatic carbocycles. The van der Waals surface area contributed by atoms with Gasteiger partial charge in [-0.3, -0.25) is 0 Å². The molecule has 1 aromatic rings. The van der Waals surface area contributed by atoms with E-state index in [0.717, 1.165) is 3.70 Å². The average Bonchev–Trinajstić information content (AvgIpc) is 2.15. The van der Waals surface area contributed by atoms with Crippen LogP contribution in [0.2, 0.25) is 0 Å². The Morgan fingerprint density at radius 2 is 2.38 bits per heavy atom. The van der Waals surface area contributed by atoms with E-state index in [4.69, 9.17) is 11.6 Å². The highest BCUT2D eigenvalue weighted by molar-refractivity contribution is 14.1. The van der Waals surface area contributed by atoms with Gasteiger partial charge in [0, 0.05) is 0 Å². The summed E-state index contributed by atoms with van der Waals surface area (Å²) in [5.41, 5.74) is 1.16. The Hall–Kier alpha value is -0.360. The molecule has 5 heteroatoms. The second-order valence-corrected chi connectivity index (χ2v) is 3.67. The van der Waals surface area contributed by atoms with Gasteiger partial charge in [0.05, 0.1) is 24.2 Å². The van der Waals surface area contributed by atoms with Gasteiger partial charge in [-0.15, -0.1) is 11.6 Å². The molecule has 0 saturated heterocycles. The fourth-order valence-corrected chi connectivity index (χ4v) is 1.64. The third-order valence-electron chi connectivity index (χ3n) is 1.41. The van der Waals surface area contributed by atoms with Crippen molar-refractivity contribution in [2.45, 2.75) is 5.88 Å². The van der Waals surface area contributed by atoms with Crippen molar-refractivity contribution >= 4 is 40.2 Å². The van der Waals surface area contributed by atoms with Crippen LogP contribution in [-0.4, -0.2) is 18.1 Å². The van der Waals surface area contributed by atoms with Crippen molar-refractivity contribution in [3.8, 4) is 0 Å². The van der Waals surface area contributed by atoms with Crippen LogP contribution in [0.1, 0.15) is 16.1 Å². The third kappa shape index (κ3) is 2.80. The van der Waals surface area contributed by atoms with Crippen LogP contribution in [0.4, 0.5) is 0 Å². The van der Waals surface area contributed by atoms with Crippen LogP contribution in [0, 0.1) is 3.70 Å². The van der Waals surface area contributed by atoms with E-state index in [2.05, 4.69) is 9.72 Å². The number of ether oxygens (including phenoxy) is 1. The molecule has 1 aromatic heterocycles. The summed E-state index contributed by atoms with van der Waals surface area (Å²) in [4.78, 5) is 15.3. The van der Waals surface area contributed by atoms with Gasteiger partial charge in [0.2, 0.25) is 0 Å². The van der Waals surface area contributed by atoms with E-state index in [0.29, 0.717) is 17.1 Å². The predicted molar refractivity (Wildman–Crippen MR) is 57.9 cm³/mol. The van der Waals surface area contributed by atoms with Crippen LogP contribution in [0.3, 0.4) is 0 Å². The van der Waals surface area contributed by atoms with Crippen molar-refractivity contribution in [1.29, 1.82) is 0 Å². The quantitative estimate of drug-likeness (QED) is 0.364. The van der Waals surface area contributed by atoms with Gasteiger partial charge in [0.15, 0.2) is 0 Å². The summed E-state index contributed by atoms with van der Waals surface area (Å²) < 4.78 is 5.31. The summed E-state index contributed by atoms with van der Waals surface area (Å²) in [7, 11) is 1.34. The van der Waals surface area contributed by atoms with Gasteiger partial charge in [-0.25, -0.2) is 9.78 Å². The summed E-state index contributed by atoms with van der Waals surface area (Å²) in [5.74, 6) is -0.0763. The normalized spacial score (nSPS) is 9.77. The molecule has 0 fully saturated rings. The number of aromatic nitrogens is 1. The number of carbonyl (C=O) groups is 1. The van der Waals surface area contributed by atoms with Crippen molar-refractivity contribution in [1.82, 2.24) is 4.98 Å². The summed E-state index contributed by atoms with van der Waals surface area (Å²) in [6, 6.07) is 3.28. The maximum Gasteiger partial charge on any atom is 0.338 e. The van der Waals surface area contributed by atoms with Crippen LogP contribution in [0.5, 0.6) is 0 Å².